The summed E-state index contributed by atoms with van der Waals surface area (Å²) in [7, 11) is 0. The minimum absolute atomic E-state index is 0.0236. The smallest absolute Gasteiger partial charge is 0.404 e. The molecule has 2 fully saturated rings. The standard InChI is InChI=1S/C22H25FN8O3/c23-15-10-25-8-7-16(15)29-21(32)18-11-26-20-17(27-12-1-2-12)9-19(30-31(18)20)28-13-3-5-14(6-4-13)34-22(24)33/h7-14,27H,1-6H2,(H2,24,33)(H,28,30)(H,25,29,32). The lowest BCUT2D eigenvalue weighted by Crippen LogP contribution is -2.32. The van der Waals surface area contributed by atoms with Crippen molar-refractivity contribution < 1.29 is 18.7 Å². The Morgan fingerprint density at radius 1 is 1.06 bits per heavy atom. The summed E-state index contributed by atoms with van der Waals surface area (Å²) in [6.45, 7) is 0. The molecular formula is C22H25FN8O3. The number of nitrogens with one attached hydrogen (secondary N) is 3. The largest absolute Gasteiger partial charge is 0.446 e. The maximum Gasteiger partial charge on any atom is 0.404 e. The first-order chi connectivity index (χ1) is 16.5. The predicted octanol–water partition coefficient (Wildman–Crippen LogP) is 2.91. The molecule has 0 atom stereocenters. The number of carbonyl (C=O) groups is 2. The van der Waals surface area contributed by atoms with E-state index in [0.717, 1.165) is 37.6 Å². The highest BCUT2D eigenvalue weighted by molar-refractivity contribution is 6.03. The number of nitrogens with zero attached hydrogens (tertiary/aromatic N) is 4. The van der Waals surface area contributed by atoms with E-state index in [0.29, 0.717) is 30.3 Å². The van der Waals surface area contributed by atoms with E-state index in [1.807, 2.05) is 6.07 Å². The molecule has 12 heteroatoms. The Bertz CT molecular complexity index is 1220. The minimum atomic E-state index is -0.753. The van der Waals surface area contributed by atoms with Gasteiger partial charge in [0.15, 0.2) is 17.2 Å². The summed E-state index contributed by atoms with van der Waals surface area (Å²) in [5.41, 5.74) is 6.59. The number of aromatic nitrogens is 4. The van der Waals surface area contributed by atoms with Crippen LogP contribution in [0.25, 0.3) is 5.65 Å². The maximum atomic E-state index is 14.0. The lowest BCUT2D eigenvalue weighted by Gasteiger charge is -2.28. The van der Waals surface area contributed by atoms with Crippen molar-refractivity contribution in [3.63, 3.8) is 0 Å². The molecule has 0 bridgehead atoms. The molecule has 3 aromatic rings. The zero-order valence-electron chi connectivity index (χ0n) is 18.3. The average molecular weight is 468 g/mol. The number of hydrogen-bond acceptors (Lipinski definition) is 8. The zero-order valence-corrected chi connectivity index (χ0v) is 18.3. The zero-order chi connectivity index (χ0) is 23.7. The second-order valence-corrected chi connectivity index (χ2v) is 8.61. The molecule has 3 aromatic heterocycles. The van der Waals surface area contributed by atoms with Crippen LogP contribution in [0.4, 0.5) is 26.4 Å². The van der Waals surface area contributed by atoms with Gasteiger partial charge < -0.3 is 26.4 Å². The van der Waals surface area contributed by atoms with Crippen LogP contribution in [0, 0.1) is 5.82 Å². The van der Waals surface area contributed by atoms with Crippen LogP contribution in [0.15, 0.2) is 30.7 Å². The number of imidazole rings is 1. The van der Waals surface area contributed by atoms with Gasteiger partial charge in [0.2, 0.25) is 0 Å². The van der Waals surface area contributed by atoms with Crippen molar-refractivity contribution in [3.05, 3.63) is 42.2 Å². The molecule has 0 aromatic carbocycles. The number of fused-ring (bicyclic) bond motifs is 1. The number of ether oxygens (including phenoxy) is 1. The van der Waals surface area contributed by atoms with Crippen molar-refractivity contribution in [1.82, 2.24) is 19.6 Å². The molecular weight excluding hydrogens is 443 g/mol. The number of rotatable bonds is 7. The van der Waals surface area contributed by atoms with Gasteiger partial charge in [0.25, 0.3) is 5.91 Å². The topological polar surface area (TPSA) is 149 Å². The number of nitrogens with two attached hydrogens (primary N) is 1. The van der Waals surface area contributed by atoms with Gasteiger partial charge in [-0.3, -0.25) is 9.78 Å². The molecule has 0 saturated heterocycles. The molecule has 0 unspecified atom stereocenters. The third kappa shape index (κ3) is 4.85. The summed E-state index contributed by atoms with van der Waals surface area (Å²) in [5, 5.41) is 14.0. The summed E-state index contributed by atoms with van der Waals surface area (Å²) in [5.74, 6) is -0.590. The Morgan fingerprint density at radius 2 is 1.79 bits per heavy atom. The van der Waals surface area contributed by atoms with Gasteiger partial charge in [0.1, 0.15) is 11.9 Å². The van der Waals surface area contributed by atoms with Crippen molar-refractivity contribution in [3.8, 4) is 0 Å². The molecule has 2 saturated carbocycles. The Hall–Kier alpha value is -3.96. The number of carbonyl (C=O) groups excluding carboxylic acids is 2. The van der Waals surface area contributed by atoms with Crippen molar-refractivity contribution >= 4 is 34.8 Å². The van der Waals surface area contributed by atoms with E-state index in [1.54, 1.807) is 0 Å². The average Bonchev–Trinajstić information content (AvgIpc) is 3.51. The van der Waals surface area contributed by atoms with Crippen LogP contribution in [0.3, 0.4) is 0 Å². The molecule has 0 radical (unpaired) electrons. The molecule has 3 heterocycles. The lowest BCUT2D eigenvalue weighted by atomic mass is 9.93. The SMILES string of the molecule is NC(=O)OC1CCC(Nc2cc(NC3CC3)c3ncc(C(=O)Nc4ccncc4F)n3n2)CC1. The van der Waals surface area contributed by atoms with Gasteiger partial charge >= 0.3 is 6.09 Å². The number of hydrogen-bond donors (Lipinski definition) is 4. The Kier molecular flexibility index (Phi) is 5.86. The predicted molar refractivity (Wildman–Crippen MR) is 122 cm³/mol. The molecule has 2 aliphatic rings. The van der Waals surface area contributed by atoms with Gasteiger partial charge in [-0.15, -0.1) is 5.10 Å². The molecule has 178 valence electrons. The highest BCUT2D eigenvalue weighted by Gasteiger charge is 2.26. The molecule has 5 N–H and O–H groups in total. The van der Waals surface area contributed by atoms with Crippen LogP contribution < -0.4 is 21.7 Å². The molecule has 34 heavy (non-hydrogen) atoms. The third-order valence-corrected chi connectivity index (χ3v) is 5.97. The fraction of sp³-hybridized carbons (Fsp3) is 0.409. The van der Waals surface area contributed by atoms with E-state index in [-0.39, 0.29) is 23.5 Å². The fourth-order valence-corrected chi connectivity index (χ4v) is 4.11. The summed E-state index contributed by atoms with van der Waals surface area (Å²) in [6, 6.07) is 3.75. The first-order valence-corrected chi connectivity index (χ1v) is 11.2. The Balaban J connectivity index is 1.38. The summed E-state index contributed by atoms with van der Waals surface area (Å²) >= 11 is 0. The van der Waals surface area contributed by atoms with E-state index >= 15 is 0 Å². The fourth-order valence-electron chi connectivity index (χ4n) is 4.11. The number of anilines is 3. The van der Waals surface area contributed by atoms with E-state index in [1.165, 1.54) is 23.0 Å². The first-order valence-electron chi connectivity index (χ1n) is 11.2. The van der Waals surface area contributed by atoms with Crippen molar-refractivity contribution in [2.75, 3.05) is 16.0 Å². The van der Waals surface area contributed by atoms with Crippen LogP contribution in [0.2, 0.25) is 0 Å². The van der Waals surface area contributed by atoms with Gasteiger partial charge in [-0.05, 0) is 44.6 Å². The molecule has 0 spiro atoms. The summed E-state index contributed by atoms with van der Waals surface area (Å²) in [6.07, 6.45) is 8.02. The van der Waals surface area contributed by atoms with E-state index in [4.69, 9.17) is 10.5 Å². The minimum Gasteiger partial charge on any atom is -0.446 e. The van der Waals surface area contributed by atoms with Gasteiger partial charge in [0.05, 0.1) is 23.8 Å². The van der Waals surface area contributed by atoms with E-state index in [9.17, 15) is 14.0 Å². The van der Waals surface area contributed by atoms with Crippen molar-refractivity contribution in [1.29, 1.82) is 0 Å². The van der Waals surface area contributed by atoms with Gasteiger partial charge in [-0.1, -0.05) is 0 Å². The summed E-state index contributed by atoms with van der Waals surface area (Å²) < 4.78 is 20.5. The van der Waals surface area contributed by atoms with Crippen LogP contribution >= 0.6 is 0 Å². The molecule has 2 aliphatic carbocycles. The van der Waals surface area contributed by atoms with Crippen molar-refractivity contribution in [2.24, 2.45) is 5.73 Å². The molecule has 2 amide bonds. The molecule has 0 aliphatic heterocycles. The van der Waals surface area contributed by atoms with Gasteiger partial charge in [-0.2, -0.15) is 0 Å². The first kappa shape index (κ1) is 21.9. The van der Waals surface area contributed by atoms with Crippen LogP contribution in [0.1, 0.15) is 49.0 Å². The number of pyridine rings is 1. The second kappa shape index (κ2) is 9.12. The second-order valence-electron chi connectivity index (χ2n) is 8.61. The number of primary amides is 1. The van der Waals surface area contributed by atoms with Crippen LogP contribution in [-0.2, 0) is 4.74 Å². The Labute approximate surface area is 194 Å². The molecule has 11 nitrogen and oxygen atoms in total. The normalized spacial score (nSPS) is 20.0. The monoisotopic (exact) mass is 468 g/mol. The van der Waals surface area contributed by atoms with E-state index < -0.39 is 17.8 Å². The van der Waals surface area contributed by atoms with Gasteiger partial charge in [-0.25, -0.2) is 18.7 Å². The third-order valence-electron chi connectivity index (χ3n) is 5.97. The lowest BCUT2D eigenvalue weighted by molar-refractivity contribution is 0.0805. The maximum absolute atomic E-state index is 14.0. The quantitative estimate of drug-likeness (QED) is 0.414. The highest BCUT2D eigenvalue weighted by atomic mass is 19.1. The van der Waals surface area contributed by atoms with E-state index in [2.05, 4.69) is 31.0 Å². The van der Waals surface area contributed by atoms with Gasteiger partial charge in [0, 0.05) is 24.3 Å². The van der Waals surface area contributed by atoms with Crippen LogP contribution in [-0.4, -0.2) is 49.8 Å². The molecule has 5 rings (SSSR count). The highest BCUT2D eigenvalue weighted by Crippen LogP contribution is 2.30. The number of amides is 2. The summed E-state index contributed by atoms with van der Waals surface area (Å²) in [4.78, 5) is 32.0. The Morgan fingerprint density at radius 3 is 2.50 bits per heavy atom. The number of halogens is 1. The van der Waals surface area contributed by atoms with Crippen molar-refractivity contribution in [2.45, 2.75) is 56.7 Å². The van der Waals surface area contributed by atoms with Crippen LogP contribution in [0.5, 0.6) is 0 Å².